The van der Waals surface area contributed by atoms with Crippen molar-refractivity contribution in [3.63, 3.8) is 0 Å². The van der Waals surface area contributed by atoms with Crippen LogP contribution in [0.15, 0.2) is 0 Å². The SMILES string of the molecule is CC(C)(C)OC(=O)NC[C@@H](C1CNC1)S(C)(=O)=O. The van der Waals surface area contributed by atoms with Crippen LogP contribution in [-0.4, -0.2) is 51.3 Å². The van der Waals surface area contributed by atoms with Crippen molar-refractivity contribution in [2.45, 2.75) is 31.6 Å². The van der Waals surface area contributed by atoms with E-state index in [1.165, 1.54) is 6.26 Å². The molecule has 1 aliphatic heterocycles. The summed E-state index contributed by atoms with van der Waals surface area (Å²) >= 11 is 0. The van der Waals surface area contributed by atoms with Crippen LogP contribution in [-0.2, 0) is 14.6 Å². The van der Waals surface area contributed by atoms with E-state index < -0.39 is 26.8 Å². The quantitative estimate of drug-likeness (QED) is 0.764. The van der Waals surface area contributed by atoms with Crippen molar-refractivity contribution in [2.24, 2.45) is 5.92 Å². The third-order valence-corrected chi connectivity index (χ3v) is 4.39. The molecule has 1 heterocycles. The lowest BCUT2D eigenvalue weighted by Gasteiger charge is -2.33. The Kier molecular flexibility index (Phi) is 4.61. The molecule has 18 heavy (non-hydrogen) atoms. The van der Waals surface area contributed by atoms with E-state index in [4.69, 9.17) is 4.74 Å². The van der Waals surface area contributed by atoms with Crippen molar-refractivity contribution in [3.05, 3.63) is 0 Å². The van der Waals surface area contributed by atoms with E-state index >= 15 is 0 Å². The Morgan fingerprint density at radius 1 is 1.44 bits per heavy atom. The van der Waals surface area contributed by atoms with Crippen LogP contribution >= 0.6 is 0 Å². The van der Waals surface area contributed by atoms with Gasteiger partial charge in [-0.15, -0.1) is 0 Å². The lowest BCUT2D eigenvalue weighted by molar-refractivity contribution is 0.0524. The Balaban J connectivity index is 2.50. The molecule has 0 aromatic rings. The second-order valence-corrected chi connectivity index (χ2v) is 7.93. The zero-order valence-electron chi connectivity index (χ0n) is 11.3. The molecule has 0 bridgehead atoms. The van der Waals surface area contributed by atoms with Gasteiger partial charge in [-0.2, -0.15) is 0 Å². The molecule has 1 rings (SSSR count). The van der Waals surface area contributed by atoms with Crippen LogP contribution < -0.4 is 10.6 Å². The smallest absolute Gasteiger partial charge is 0.407 e. The number of ether oxygens (including phenoxy) is 1. The molecule has 0 saturated carbocycles. The summed E-state index contributed by atoms with van der Waals surface area (Å²) in [5.74, 6) is 0.0648. The second kappa shape index (κ2) is 5.44. The topological polar surface area (TPSA) is 84.5 Å². The molecule has 1 fully saturated rings. The summed E-state index contributed by atoms with van der Waals surface area (Å²) in [6, 6.07) is 0. The minimum atomic E-state index is -3.17. The van der Waals surface area contributed by atoms with Gasteiger partial charge in [0.1, 0.15) is 5.60 Å². The van der Waals surface area contributed by atoms with E-state index in [2.05, 4.69) is 10.6 Å². The first-order valence-corrected chi connectivity index (χ1v) is 7.91. The normalized spacial score (nSPS) is 18.9. The minimum Gasteiger partial charge on any atom is -0.444 e. The Labute approximate surface area is 108 Å². The highest BCUT2D eigenvalue weighted by Gasteiger charge is 2.34. The number of alkyl carbamates (subject to hydrolysis) is 1. The van der Waals surface area contributed by atoms with Crippen LogP contribution in [0.3, 0.4) is 0 Å². The number of sulfone groups is 1. The summed E-state index contributed by atoms with van der Waals surface area (Å²) in [7, 11) is -3.17. The third-order valence-electron chi connectivity index (χ3n) is 2.74. The summed E-state index contributed by atoms with van der Waals surface area (Å²) in [4.78, 5) is 11.5. The number of nitrogens with one attached hydrogen (secondary N) is 2. The molecule has 106 valence electrons. The Morgan fingerprint density at radius 3 is 2.33 bits per heavy atom. The molecule has 0 aromatic heterocycles. The van der Waals surface area contributed by atoms with E-state index in [0.29, 0.717) is 13.1 Å². The average molecular weight is 278 g/mol. The maximum absolute atomic E-state index is 11.6. The number of hydrogen-bond donors (Lipinski definition) is 2. The van der Waals surface area contributed by atoms with E-state index in [1.807, 2.05) is 0 Å². The first-order valence-electron chi connectivity index (χ1n) is 5.96. The predicted molar refractivity (Wildman–Crippen MR) is 69.2 cm³/mol. The standard InChI is InChI=1S/C11H22N2O4S/c1-11(2,3)17-10(14)13-7-9(18(4,15)16)8-5-12-6-8/h8-9,12H,5-7H2,1-4H3,(H,13,14)/t9-/m0/s1. The monoisotopic (exact) mass is 278 g/mol. The predicted octanol–water partition coefficient (Wildman–Crippen LogP) is 0.144. The van der Waals surface area contributed by atoms with Crippen molar-refractivity contribution in [1.29, 1.82) is 0 Å². The summed E-state index contributed by atoms with van der Waals surface area (Å²) in [6.45, 7) is 6.73. The van der Waals surface area contributed by atoms with E-state index in [-0.39, 0.29) is 12.5 Å². The first kappa shape index (κ1) is 15.2. The van der Waals surface area contributed by atoms with Crippen molar-refractivity contribution in [3.8, 4) is 0 Å². The van der Waals surface area contributed by atoms with E-state index in [0.717, 1.165) is 0 Å². The van der Waals surface area contributed by atoms with Crippen LogP contribution in [0.4, 0.5) is 4.79 Å². The zero-order chi connectivity index (χ0) is 14.0. The molecule has 0 aliphatic carbocycles. The van der Waals surface area contributed by atoms with Gasteiger partial charge in [0, 0.05) is 31.8 Å². The van der Waals surface area contributed by atoms with Gasteiger partial charge in [0.05, 0.1) is 5.25 Å². The second-order valence-electron chi connectivity index (χ2n) is 5.67. The fourth-order valence-electron chi connectivity index (χ4n) is 1.74. The lowest BCUT2D eigenvalue weighted by atomic mass is 9.99. The molecule has 1 atom stereocenters. The molecule has 0 spiro atoms. The van der Waals surface area contributed by atoms with Gasteiger partial charge in [0.15, 0.2) is 9.84 Å². The minimum absolute atomic E-state index is 0.0648. The van der Waals surface area contributed by atoms with Gasteiger partial charge in [-0.05, 0) is 20.8 Å². The molecule has 0 aromatic carbocycles. The summed E-state index contributed by atoms with van der Waals surface area (Å²) in [6.07, 6.45) is 0.621. The summed E-state index contributed by atoms with van der Waals surface area (Å²) in [5, 5.41) is 5.01. The van der Waals surface area contributed by atoms with Gasteiger partial charge in [-0.3, -0.25) is 0 Å². The van der Waals surface area contributed by atoms with Gasteiger partial charge in [0.2, 0.25) is 0 Å². The highest BCUT2D eigenvalue weighted by Crippen LogP contribution is 2.16. The van der Waals surface area contributed by atoms with Gasteiger partial charge >= 0.3 is 6.09 Å². The van der Waals surface area contributed by atoms with Crippen molar-refractivity contribution in [1.82, 2.24) is 10.6 Å². The number of carbonyl (C=O) groups is 1. The van der Waals surface area contributed by atoms with Crippen molar-refractivity contribution < 1.29 is 17.9 Å². The summed E-state index contributed by atoms with van der Waals surface area (Å²) in [5.41, 5.74) is -0.581. The van der Waals surface area contributed by atoms with E-state index in [9.17, 15) is 13.2 Å². The van der Waals surface area contributed by atoms with E-state index in [1.54, 1.807) is 20.8 Å². The van der Waals surface area contributed by atoms with Crippen LogP contribution in [0.1, 0.15) is 20.8 Å². The molecule has 1 amide bonds. The fourth-order valence-corrected chi connectivity index (χ4v) is 3.02. The molecular weight excluding hydrogens is 256 g/mol. The fraction of sp³-hybridized carbons (Fsp3) is 0.909. The molecule has 1 aliphatic rings. The Hall–Kier alpha value is -0.820. The zero-order valence-corrected chi connectivity index (χ0v) is 12.1. The number of amides is 1. The number of hydrogen-bond acceptors (Lipinski definition) is 5. The van der Waals surface area contributed by atoms with Gasteiger partial charge in [0.25, 0.3) is 0 Å². The molecule has 0 radical (unpaired) electrons. The molecule has 0 unspecified atom stereocenters. The highest BCUT2D eigenvalue weighted by atomic mass is 32.2. The Morgan fingerprint density at radius 2 is 2.00 bits per heavy atom. The molecular formula is C11H22N2O4S. The molecule has 7 heteroatoms. The highest BCUT2D eigenvalue weighted by molar-refractivity contribution is 7.91. The average Bonchev–Trinajstić information content (AvgIpc) is 2.03. The van der Waals surface area contributed by atoms with Gasteiger partial charge in [-0.25, -0.2) is 13.2 Å². The first-order chi connectivity index (χ1) is 8.09. The largest absolute Gasteiger partial charge is 0.444 e. The maximum atomic E-state index is 11.6. The molecule has 6 nitrogen and oxygen atoms in total. The third kappa shape index (κ3) is 4.81. The molecule has 2 N–H and O–H groups in total. The number of carbonyl (C=O) groups excluding carboxylic acids is 1. The van der Waals surface area contributed by atoms with Crippen LogP contribution in [0.2, 0.25) is 0 Å². The summed E-state index contributed by atoms with van der Waals surface area (Å²) < 4.78 is 28.4. The van der Waals surface area contributed by atoms with Gasteiger partial charge < -0.3 is 15.4 Å². The van der Waals surface area contributed by atoms with Crippen LogP contribution in [0.25, 0.3) is 0 Å². The molecule has 1 saturated heterocycles. The van der Waals surface area contributed by atoms with Crippen molar-refractivity contribution >= 4 is 15.9 Å². The van der Waals surface area contributed by atoms with Crippen molar-refractivity contribution in [2.75, 3.05) is 25.9 Å². The van der Waals surface area contributed by atoms with Crippen LogP contribution in [0, 0.1) is 5.92 Å². The lowest BCUT2D eigenvalue weighted by Crippen LogP contribution is -2.54. The maximum Gasteiger partial charge on any atom is 0.407 e. The van der Waals surface area contributed by atoms with Gasteiger partial charge in [-0.1, -0.05) is 0 Å². The Bertz CT molecular complexity index is 396. The number of rotatable bonds is 4. The van der Waals surface area contributed by atoms with Crippen LogP contribution in [0.5, 0.6) is 0 Å².